The Kier molecular flexibility index (Phi) is 9.44. The van der Waals surface area contributed by atoms with Crippen molar-refractivity contribution in [3.05, 3.63) is 65.1 Å². The van der Waals surface area contributed by atoms with Crippen molar-refractivity contribution in [2.24, 2.45) is 17.6 Å². The number of oxazole rings is 1. The lowest BCUT2D eigenvalue weighted by Gasteiger charge is -2.19. The van der Waals surface area contributed by atoms with Gasteiger partial charge in [-0.25, -0.2) is 18.6 Å². The molecule has 1 aromatic heterocycles. The van der Waals surface area contributed by atoms with Gasteiger partial charge in [-0.3, -0.25) is 9.59 Å². The van der Waals surface area contributed by atoms with Gasteiger partial charge in [-0.15, -0.1) is 0 Å². The van der Waals surface area contributed by atoms with E-state index in [1.54, 1.807) is 0 Å². The third-order valence-electron chi connectivity index (χ3n) is 7.18. The molecule has 5 rings (SSSR count). The number of aromatic nitrogens is 1. The molecule has 45 heavy (non-hydrogen) atoms. The fourth-order valence-electron chi connectivity index (χ4n) is 4.45. The number of carbonyl (C=O) groups excluding carboxylic acids is 3. The topological polar surface area (TPSA) is 155 Å². The minimum Gasteiger partial charge on any atom is -0.489 e. The first-order valence-corrected chi connectivity index (χ1v) is 14.2. The summed E-state index contributed by atoms with van der Waals surface area (Å²) in [6, 6.07) is 4.83. The molecule has 0 bridgehead atoms. The van der Waals surface area contributed by atoms with E-state index in [2.05, 4.69) is 20.4 Å². The van der Waals surface area contributed by atoms with E-state index in [9.17, 15) is 31.9 Å². The number of hydrogen-bond donors (Lipinski definition) is 3. The van der Waals surface area contributed by atoms with Crippen molar-refractivity contribution >= 4 is 17.9 Å². The maximum Gasteiger partial charge on any atom is 0.405 e. The molecule has 2 saturated carbocycles. The molecule has 2 fully saturated rings. The van der Waals surface area contributed by atoms with E-state index in [0.29, 0.717) is 12.6 Å². The molecule has 3 amide bonds. The number of amides is 3. The van der Waals surface area contributed by atoms with Gasteiger partial charge in [-0.2, -0.15) is 8.78 Å². The highest BCUT2D eigenvalue weighted by Crippen LogP contribution is 2.37. The first kappa shape index (κ1) is 31.6. The van der Waals surface area contributed by atoms with E-state index in [1.807, 2.05) is 0 Å². The number of hydrogen-bond acceptors (Lipinski definition) is 8. The summed E-state index contributed by atoms with van der Waals surface area (Å²) in [4.78, 5) is 42.5. The third-order valence-corrected chi connectivity index (χ3v) is 7.18. The Morgan fingerprint density at radius 2 is 1.78 bits per heavy atom. The SMILES string of the molecule is CC(OC(N)=O)c1oc(-c2ccc(OC(F)F)c(OCC3CC3)c2)nc1C(=O)NC(C(=O)NCC1CC1)c1ccc(F)cc1F. The first-order valence-electron chi connectivity index (χ1n) is 14.2. The molecule has 2 aliphatic rings. The Morgan fingerprint density at radius 1 is 1.04 bits per heavy atom. The van der Waals surface area contributed by atoms with Gasteiger partial charge in [-0.1, -0.05) is 6.07 Å². The largest absolute Gasteiger partial charge is 0.489 e. The van der Waals surface area contributed by atoms with Crippen molar-refractivity contribution < 1.29 is 50.6 Å². The van der Waals surface area contributed by atoms with E-state index < -0.39 is 54.0 Å². The van der Waals surface area contributed by atoms with Crippen LogP contribution in [0.3, 0.4) is 0 Å². The molecule has 240 valence electrons. The number of ether oxygens (including phenoxy) is 3. The molecule has 15 heteroatoms. The molecule has 0 spiro atoms. The van der Waals surface area contributed by atoms with Crippen LogP contribution in [0.15, 0.2) is 40.8 Å². The Labute approximate surface area is 254 Å². The number of carbonyl (C=O) groups is 3. The summed E-state index contributed by atoms with van der Waals surface area (Å²) in [5, 5.41) is 5.08. The molecule has 2 aromatic carbocycles. The van der Waals surface area contributed by atoms with Crippen molar-refractivity contribution in [3.8, 4) is 23.0 Å². The Morgan fingerprint density at radius 3 is 2.42 bits per heavy atom. The summed E-state index contributed by atoms with van der Waals surface area (Å²) in [7, 11) is 0. The Balaban J connectivity index is 1.48. The van der Waals surface area contributed by atoms with E-state index in [1.165, 1.54) is 25.1 Å². The predicted molar refractivity (Wildman–Crippen MR) is 148 cm³/mol. The quantitative estimate of drug-likeness (QED) is 0.205. The van der Waals surface area contributed by atoms with Crippen LogP contribution in [0.4, 0.5) is 22.4 Å². The van der Waals surface area contributed by atoms with Crippen molar-refractivity contribution in [2.45, 2.75) is 51.4 Å². The van der Waals surface area contributed by atoms with Gasteiger partial charge in [0.1, 0.15) is 17.7 Å². The first-order chi connectivity index (χ1) is 21.5. The zero-order valence-corrected chi connectivity index (χ0v) is 24.0. The van der Waals surface area contributed by atoms with Crippen LogP contribution in [0.2, 0.25) is 0 Å². The number of nitrogens with one attached hydrogen (secondary N) is 2. The van der Waals surface area contributed by atoms with Gasteiger partial charge in [0.05, 0.1) is 6.61 Å². The molecule has 0 saturated heterocycles. The van der Waals surface area contributed by atoms with E-state index in [-0.39, 0.29) is 52.7 Å². The van der Waals surface area contributed by atoms with Crippen LogP contribution in [0.5, 0.6) is 11.5 Å². The molecule has 4 N–H and O–H groups in total. The van der Waals surface area contributed by atoms with Gasteiger partial charge in [0, 0.05) is 23.7 Å². The average Bonchev–Trinajstić information content (AvgIpc) is 3.92. The van der Waals surface area contributed by atoms with Gasteiger partial charge in [0.2, 0.25) is 11.8 Å². The van der Waals surface area contributed by atoms with Gasteiger partial charge in [0.15, 0.2) is 29.1 Å². The highest BCUT2D eigenvalue weighted by atomic mass is 19.3. The second-order valence-electron chi connectivity index (χ2n) is 10.9. The molecular weight excluding hydrogens is 604 g/mol. The van der Waals surface area contributed by atoms with Crippen LogP contribution in [0, 0.1) is 23.5 Å². The fraction of sp³-hybridized carbons (Fsp3) is 0.400. The van der Waals surface area contributed by atoms with E-state index >= 15 is 0 Å². The lowest BCUT2D eigenvalue weighted by molar-refractivity contribution is -0.123. The number of rotatable bonds is 14. The Bertz CT molecular complexity index is 1580. The number of alkyl halides is 2. The number of nitrogens with two attached hydrogens (primary N) is 1. The van der Waals surface area contributed by atoms with E-state index in [4.69, 9.17) is 19.6 Å². The minimum absolute atomic E-state index is 0.0222. The monoisotopic (exact) mass is 634 g/mol. The summed E-state index contributed by atoms with van der Waals surface area (Å²) in [5.74, 6) is -3.94. The molecule has 3 aromatic rings. The summed E-state index contributed by atoms with van der Waals surface area (Å²) in [6.07, 6.45) is 1.24. The Hall–Kier alpha value is -4.82. The number of nitrogens with zero attached hydrogens (tertiary/aromatic N) is 1. The molecule has 11 nitrogen and oxygen atoms in total. The van der Waals surface area contributed by atoms with Crippen LogP contribution in [0.1, 0.15) is 66.6 Å². The summed E-state index contributed by atoms with van der Waals surface area (Å²) in [5.41, 5.74) is 4.58. The second-order valence-corrected chi connectivity index (χ2v) is 10.9. The molecule has 0 aliphatic heterocycles. The standard InChI is InChI=1S/C30H30F4N4O7/c1-14(43-30(35)41)25-24(27(40)37-23(26(39)36-12-15-2-3-15)19-8-7-18(31)11-20(19)32)38-28(45-25)17-6-9-21(44-29(33)34)22(10-17)42-13-16-4-5-16/h6-11,14-16,23,29H,2-5,12-13H2,1H3,(H2,35,41)(H,36,39)(H,37,40). The number of halogens is 4. The second kappa shape index (κ2) is 13.4. The predicted octanol–water partition coefficient (Wildman–Crippen LogP) is 5.16. The third kappa shape index (κ3) is 8.22. The average molecular weight is 635 g/mol. The van der Waals surface area contributed by atoms with Crippen molar-refractivity contribution in [1.29, 1.82) is 0 Å². The van der Waals surface area contributed by atoms with Gasteiger partial charge >= 0.3 is 12.7 Å². The van der Waals surface area contributed by atoms with Gasteiger partial charge in [-0.05, 0) is 68.7 Å². The molecule has 2 atom stereocenters. The normalized spacial score (nSPS) is 15.7. The number of benzene rings is 2. The molecule has 0 radical (unpaired) electrons. The van der Waals surface area contributed by atoms with Crippen LogP contribution in [0.25, 0.3) is 11.5 Å². The van der Waals surface area contributed by atoms with Crippen LogP contribution < -0.4 is 25.8 Å². The van der Waals surface area contributed by atoms with Crippen LogP contribution in [-0.4, -0.2) is 42.7 Å². The smallest absolute Gasteiger partial charge is 0.405 e. The minimum atomic E-state index is -3.12. The maximum atomic E-state index is 14.8. The highest BCUT2D eigenvalue weighted by molar-refractivity contribution is 5.97. The van der Waals surface area contributed by atoms with Gasteiger partial charge < -0.3 is 35.0 Å². The lowest BCUT2D eigenvalue weighted by atomic mass is 10.0. The summed E-state index contributed by atoms with van der Waals surface area (Å²) in [6.45, 7) is -1.21. The molecule has 2 unspecified atom stereocenters. The number of primary amides is 1. The molecular formula is C30H30F4N4O7. The van der Waals surface area contributed by atoms with Crippen molar-refractivity contribution in [2.75, 3.05) is 13.2 Å². The van der Waals surface area contributed by atoms with E-state index in [0.717, 1.165) is 37.8 Å². The van der Waals surface area contributed by atoms with Gasteiger partial charge in [0.25, 0.3) is 5.91 Å². The van der Waals surface area contributed by atoms with Crippen molar-refractivity contribution in [3.63, 3.8) is 0 Å². The maximum absolute atomic E-state index is 14.8. The van der Waals surface area contributed by atoms with Crippen molar-refractivity contribution in [1.82, 2.24) is 15.6 Å². The fourth-order valence-corrected chi connectivity index (χ4v) is 4.45. The van der Waals surface area contributed by atoms with Crippen LogP contribution >= 0.6 is 0 Å². The zero-order valence-electron chi connectivity index (χ0n) is 24.0. The summed E-state index contributed by atoms with van der Waals surface area (Å²) >= 11 is 0. The molecule has 1 heterocycles. The zero-order chi connectivity index (χ0) is 32.2. The highest BCUT2D eigenvalue weighted by Gasteiger charge is 2.33. The summed E-state index contributed by atoms with van der Waals surface area (Å²) < 4.78 is 75.6. The lowest BCUT2D eigenvalue weighted by Crippen LogP contribution is -2.42. The molecule has 2 aliphatic carbocycles. The van der Waals surface area contributed by atoms with Crippen LogP contribution in [-0.2, 0) is 9.53 Å².